The first-order valence-electron chi connectivity index (χ1n) is 10.8. The van der Waals surface area contributed by atoms with Crippen molar-refractivity contribution in [1.29, 1.82) is 0 Å². The van der Waals surface area contributed by atoms with E-state index in [4.69, 9.17) is 9.47 Å². The van der Waals surface area contributed by atoms with Crippen LogP contribution in [0.5, 0.6) is 11.5 Å². The topological polar surface area (TPSA) is 38.8 Å². The van der Waals surface area contributed by atoms with Crippen molar-refractivity contribution in [2.75, 3.05) is 32.2 Å². The van der Waals surface area contributed by atoms with Crippen LogP contribution in [0.2, 0.25) is 0 Å². The number of hydrogen-bond acceptors (Lipinski definition) is 4. The molecule has 0 N–H and O–H groups in total. The summed E-state index contributed by atoms with van der Waals surface area (Å²) in [5.74, 6) is 1.21. The standard InChI is InChI=1S/C25H30FNO3/c1-29-22-15-19-17-25(26,24(28)21(19)16-23(22)30-2)12-6-7-18-10-13-27(14-11-18)20-8-4-3-5-9-20/h3-5,8-9,15-16,18H,6-7,10-14,17H2,1-2H3. The first-order chi connectivity index (χ1) is 14.5. The highest BCUT2D eigenvalue weighted by molar-refractivity contribution is 6.07. The number of benzene rings is 2. The van der Waals surface area contributed by atoms with Crippen LogP contribution in [0.4, 0.5) is 10.1 Å². The number of carbonyl (C=O) groups is 1. The minimum absolute atomic E-state index is 0.133. The number of fused-ring (bicyclic) bond motifs is 1. The molecule has 1 fully saturated rings. The number of nitrogens with zero attached hydrogens (tertiary/aromatic N) is 1. The fraction of sp³-hybridized carbons (Fsp3) is 0.480. The molecule has 0 amide bonds. The number of Topliss-reactive ketones (excluding diaryl/α,β-unsaturated/α-hetero) is 1. The summed E-state index contributed by atoms with van der Waals surface area (Å²) in [5, 5.41) is 0. The van der Waals surface area contributed by atoms with Crippen molar-refractivity contribution >= 4 is 11.5 Å². The lowest BCUT2D eigenvalue weighted by atomic mass is 9.87. The number of ketones is 1. The molecule has 1 saturated heterocycles. The molecule has 0 saturated carbocycles. The van der Waals surface area contributed by atoms with Crippen molar-refractivity contribution in [3.05, 3.63) is 53.6 Å². The molecule has 4 nitrogen and oxygen atoms in total. The molecule has 1 heterocycles. The van der Waals surface area contributed by atoms with E-state index in [-0.39, 0.29) is 12.8 Å². The molecule has 1 unspecified atom stereocenters. The predicted octanol–water partition coefficient (Wildman–Crippen LogP) is 5.24. The van der Waals surface area contributed by atoms with Gasteiger partial charge in [-0.15, -0.1) is 0 Å². The van der Waals surface area contributed by atoms with Crippen molar-refractivity contribution in [2.45, 2.75) is 44.2 Å². The highest BCUT2D eigenvalue weighted by Crippen LogP contribution is 2.42. The first-order valence-corrected chi connectivity index (χ1v) is 10.8. The quantitative estimate of drug-likeness (QED) is 0.625. The van der Waals surface area contributed by atoms with Gasteiger partial charge in [0.05, 0.1) is 14.2 Å². The van der Waals surface area contributed by atoms with Crippen LogP contribution in [-0.2, 0) is 6.42 Å². The highest BCUT2D eigenvalue weighted by atomic mass is 19.1. The fourth-order valence-corrected chi connectivity index (χ4v) is 4.89. The van der Waals surface area contributed by atoms with Crippen molar-refractivity contribution in [3.8, 4) is 11.5 Å². The predicted molar refractivity (Wildman–Crippen MR) is 117 cm³/mol. The number of anilines is 1. The van der Waals surface area contributed by atoms with Crippen LogP contribution in [0, 0.1) is 5.92 Å². The lowest BCUT2D eigenvalue weighted by Gasteiger charge is -2.34. The summed E-state index contributed by atoms with van der Waals surface area (Å²) in [7, 11) is 3.07. The maximum absolute atomic E-state index is 15.6. The number of alkyl halides is 1. The van der Waals surface area contributed by atoms with Crippen LogP contribution in [0.15, 0.2) is 42.5 Å². The van der Waals surface area contributed by atoms with Gasteiger partial charge < -0.3 is 14.4 Å². The van der Waals surface area contributed by atoms with E-state index in [0.717, 1.165) is 44.3 Å². The minimum atomic E-state index is -1.80. The molecule has 160 valence electrons. The summed E-state index contributed by atoms with van der Waals surface area (Å²) in [4.78, 5) is 15.2. The van der Waals surface area contributed by atoms with Gasteiger partial charge in [-0.05, 0) is 61.4 Å². The van der Waals surface area contributed by atoms with Gasteiger partial charge in [0.25, 0.3) is 0 Å². The molecular weight excluding hydrogens is 381 g/mol. The number of methoxy groups -OCH3 is 2. The average Bonchev–Trinajstić information content (AvgIpc) is 3.03. The summed E-state index contributed by atoms with van der Waals surface area (Å²) in [6.07, 6.45) is 4.37. The summed E-state index contributed by atoms with van der Waals surface area (Å²) in [6.45, 7) is 2.08. The van der Waals surface area contributed by atoms with Gasteiger partial charge in [0, 0.05) is 30.8 Å². The molecule has 0 aromatic heterocycles. The Kier molecular flexibility index (Phi) is 5.98. The number of hydrogen-bond donors (Lipinski definition) is 0. The van der Waals surface area contributed by atoms with Gasteiger partial charge in [-0.25, -0.2) is 4.39 Å². The molecule has 2 aromatic rings. The summed E-state index contributed by atoms with van der Waals surface area (Å²) in [6, 6.07) is 13.9. The van der Waals surface area contributed by atoms with Crippen LogP contribution in [-0.4, -0.2) is 38.8 Å². The molecule has 5 heteroatoms. The Bertz CT molecular complexity index is 893. The van der Waals surface area contributed by atoms with E-state index in [1.807, 2.05) is 6.07 Å². The van der Waals surface area contributed by atoms with Crippen molar-refractivity contribution in [3.63, 3.8) is 0 Å². The Morgan fingerprint density at radius 2 is 1.73 bits per heavy atom. The van der Waals surface area contributed by atoms with E-state index >= 15 is 4.39 Å². The summed E-state index contributed by atoms with van der Waals surface area (Å²) >= 11 is 0. The number of carbonyl (C=O) groups excluding carboxylic acids is 1. The second-order valence-corrected chi connectivity index (χ2v) is 8.49. The van der Waals surface area contributed by atoms with E-state index in [2.05, 4.69) is 29.2 Å². The number of rotatable bonds is 7. The lowest BCUT2D eigenvalue weighted by molar-refractivity contribution is 0.0688. The average molecular weight is 412 g/mol. The summed E-state index contributed by atoms with van der Waals surface area (Å²) in [5.41, 5.74) is 0.631. The van der Waals surface area contributed by atoms with E-state index < -0.39 is 11.5 Å². The van der Waals surface area contributed by atoms with Crippen LogP contribution in [0.25, 0.3) is 0 Å². The van der Waals surface area contributed by atoms with Gasteiger partial charge in [0.15, 0.2) is 17.2 Å². The van der Waals surface area contributed by atoms with Crippen molar-refractivity contribution in [2.24, 2.45) is 5.92 Å². The third-order valence-electron chi connectivity index (χ3n) is 6.65. The second-order valence-electron chi connectivity index (χ2n) is 8.49. The van der Waals surface area contributed by atoms with Gasteiger partial charge in [-0.2, -0.15) is 0 Å². The number of para-hydroxylation sites is 1. The van der Waals surface area contributed by atoms with E-state index in [9.17, 15) is 4.79 Å². The Morgan fingerprint density at radius 1 is 1.07 bits per heavy atom. The van der Waals surface area contributed by atoms with Crippen LogP contribution in [0.1, 0.15) is 48.0 Å². The molecule has 1 aliphatic carbocycles. The van der Waals surface area contributed by atoms with Crippen LogP contribution in [0.3, 0.4) is 0 Å². The van der Waals surface area contributed by atoms with Crippen molar-refractivity contribution in [1.82, 2.24) is 0 Å². The molecule has 1 aliphatic heterocycles. The summed E-state index contributed by atoms with van der Waals surface area (Å²) < 4.78 is 26.1. The molecule has 0 radical (unpaired) electrons. The Hall–Kier alpha value is -2.56. The molecular formula is C25H30FNO3. The number of ether oxygens (including phenoxy) is 2. The third kappa shape index (κ3) is 4.03. The van der Waals surface area contributed by atoms with Crippen molar-refractivity contribution < 1.29 is 18.7 Å². The maximum Gasteiger partial charge on any atom is 0.200 e. The van der Waals surface area contributed by atoms with E-state index in [1.165, 1.54) is 12.8 Å². The molecule has 30 heavy (non-hydrogen) atoms. The van der Waals surface area contributed by atoms with Gasteiger partial charge in [-0.3, -0.25) is 4.79 Å². The molecule has 0 spiro atoms. The monoisotopic (exact) mass is 411 g/mol. The minimum Gasteiger partial charge on any atom is -0.493 e. The fourth-order valence-electron chi connectivity index (χ4n) is 4.89. The SMILES string of the molecule is COc1cc2c(cc1OC)C(=O)C(F)(CCCC1CCN(c3ccccc3)CC1)C2. The smallest absolute Gasteiger partial charge is 0.200 e. The second kappa shape index (κ2) is 8.66. The van der Waals surface area contributed by atoms with Crippen LogP contribution < -0.4 is 14.4 Å². The zero-order valence-electron chi connectivity index (χ0n) is 17.8. The zero-order chi connectivity index (χ0) is 21.1. The molecule has 1 atom stereocenters. The molecule has 4 rings (SSSR count). The largest absolute Gasteiger partial charge is 0.493 e. The maximum atomic E-state index is 15.6. The lowest BCUT2D eigenvalue weighted by Crippen LogP contribution is -2.34. The molecule has 2 aromatic carbocycles. The van der Waals surface area contributed by atoms with Gasteiger partial charge in [0.1, 0.15) is 0 Å². The Morgan fingerprint density at radius 3 is 2.40 bits per heavy atom. The zero-order valence-corrected chi connectivity index (χ0v) is 17.8. The Balaban J connectivity index is 1.31. The molecule has 0 bridgehead atoms. The van der Waals surface area contributed by atoms with Gasteiger partial charge in [0.2, 0.25) is 5.78 Å². The number of piperidine rings is 1. The van der Waals surface area contributed by atoms with Gasteiger partial charge in [-0.1, -0.05) is 24.6 Å². The highest BCUT2D eigenvalue weighted by Gasteiger charge is 2.46. The van der Waals surface area contributed by atoms with Crippen LogP contribution >= 0.6 is 0 Å². The Labute approximate surface area is 178 Å². The normalized spacial score (nSPS) is 21.6. The third-order valence-corrected chi connectivity index (χ3v) is 6.65. The van der Waals surface area contributed by atoms with Gasteiger partial charge >= 0.3 is 0 Å². The number of halogens is 1. The first kappa shape index (κ1) is 20.7. The van der Waals surface area contributed by atoms with E-state index in [1.54, 1.807) is 19.2 Å². The molecule has 2 aliphatic rings. The van der Waals surface area contributed by atoms with E-state index in [0.29, 0.717) is 23.0 Å².